The molecule has 0 bridgehead atoms. The second kappa shape index (κ2) is 9.38. The van der Waals surface area contributed by atoms with Crippen LogP contribution >= 0.6 is 0 Å². The summed E-state index contributed by atoms with van der Waals surface area (Å²) >= 11 is 0. The highest BCUT2D eigenvalue weighted by atomic mass is 16.6. The number of nitro benzene ring substituents is 1. The lowest BCUT2D eigenvalue weighted by Crippen LogP contribution is -2.09. The molecule has 142 valence electrons. The molecule has 0 radical (unpaired) electrons. The van der Waals surface area contributed by atoms with E-state index in [0.29, 0.717) is 36.0 Å². The maximum atomic E-state index is 12.2. The van der Waals surface area contributed by atoms with Gasteiger partial charge in [0.25, 0.3) is 5.69 Å². The van der Waals surface area contributed by atoms with Crippen molar-refractivity contribution in [1.29, 1.82) is 0 Å². The molecule has 2 aromatic carbocycles. The zero-order chi connectivity index (χ0) is 19.8. The molecule has 0 aromatic heterocycles. The minimum Gasteiger partial charge on any atom is -0.490 e. The number of hydrogen-bond acceptors (Lipinski definition) is 5. The smallest absolute Gasteiger partial charge is 0.274 e. The van der Waals surface area contributed by atoms with Crippen molar-refractivity contribution in [3.05, 3.63) is 63.7 Å². The normalized spacial score (nSPS) is 10.6. The average molecular weight is 370 g/mol. The van der Waals surface area contributed by atoms with Crippen LogP contribution in [0.15, 0.2) is 42.5 Å². The number of nitrogens with one attached hydrogen (secondary N) is 1. The molecule has 0 saturated carbocycles. The van der Waals surface area contributed by atoms with Gasteiger partial charge in [0.15, 0.2) is 11.5 Å². The van der Waals surface area contributed by atoms with Gasteiger partial charge in [-0.1, -0.05) is 12.1 Å². The Morgan fingerprint density at radius 1 is 1.15 bits per heavy atom. The predicted octanol–water partition coefficient (Wildman–Crippen LogP) is 4.35. The predicted molar refractivity (Wildman–Crippen MR) is 104 cm³/mol. The number of benzene rings is 2. The van der Waals surface area contributed by atoms with Crippen molar-refractivity contribution in [3.8, 4) is 11.5 Å². The fraction of sp³-hybridized carbons (Fsp3) is 0.250. The van der Waals surface area contributed by atoms with Crippen LogP contribution in [0.3, 0.4) is 0 Å². The molecular weight excluding hydrogens is 348 g/mol. The van der Waals surface area contributed by atoms with Crippen molar-refractivity contribution in [2.45, 2.75) is 20.8 Å². The Labute approximate surface area is 157 Å². The number of amides is 1. The molecule has 7 heteroatoms. The standard InChI is InChI=1S/C20H22N2O5/c1-4-26-18-11-9-15(13-19(18)27-5-2)10-12-20(23)21-16-7-6-8-17(14(16)3)22(24)25/h6-13H,4-5H2,1-3H3,(H,21,23)/b12-10+. The second-order valence-electron chi connectivity index (χ2n) is 5.60. The largest absolute Gasteiger partial charge is 0.490 e. The maximum Gasteiger partial charge on any atom is 0.274 e. The van der Waals surface area contributed by atoms with E-state index >= 15 is 0 Å². The molecule has 0 spiro atoms. The monoisotopic (exact) mass is 370 g/mol. The molecule has 0 heterocycles. The Hall–Kier alpha value is -3.35. The molecular formula is C20H22N2O5. The lowest BCUT2D eigenvalue weighted by Gasteiger charge is -2.11. The number of nitro groups is 1. The van der Waals surface area contributed by atoms with Crippen molar-refractivity contribution >= 4 is 23.4 Å². The zero-order valence-electron chi connectivity index (χ0n) is 15.5. The maximum absolute atomic E-state index is 12.2. The Bertz CT molecular complexity index is 861. The van der Waals surface area contributed by atoms with Crippen LogP contribution in [-0.2, 0) is 4.79 Å². The summed E-state index contributed by atoms with van der Waals surface area (Å²) in [5.41, 5.74) is 1.54. The van der Waals surface area contributed by atoms with E-state index in [-0.39, 0.29) is 11.6 Å². The number of anilines is 1. The van der Waals surface area contributed by atoms with Gasteiger partial charge in [-0.2, -0.15) is 0 Å². The van der Waals surface area contributed by atoms with Gasteiger partial charge in [0.1, 0.15) is 0 Å². The fourth-order valence-corrected chi connectivity index (χ4v) is 2.47. The summed E-state index contributed by atoms with van der Waals surface area (Å²) in [5, 5.41) is 13.6. The molecule has 0 aliphatic rings. The van der Waals surface area contributed by atoms with Crippen LogP contribution in [0.25, 0.3) is 6.08 Å². The van der Waals surface area contributed by atoms with E-state index in [2.05, 4.69) is 5.32 Å². The van der Waals surface area contributed by atoms with Gasteiger partial charge in [-0.25, -0.2) is 0 Å². The third-order valence-electron chi connectivity index (χ3n) is 3.75. The molecule has 0 saturated heterocycles. The van der Waals surface area contributed by atoms with Gasteiger partial charge in [0.2, 0.25) is 5.91 Å². The summed E-state index contributed by atoms with van der Waals surface area (Å²) in [6, 6.07) is 9.95. The summed E-state index contributed by atoms with van der Waals surface area (Å²) in [5.74, 6) is 0.870. The van der Waals surface area contributed by atoms with E-state index in [4.69, 9.17) is 9.47 Å². The van der Waals surface area contributed by atoms with Gasteiger partial charge in [-0.3, -0.25) is 14.9 Å². The number of carbonyl (C=O) groups is 1. The van der Waals surface area contributed by atoms with Crippen molar-refractivity contribution in [3.63, 3.8) is 0 Å². The van der Waals surface area contributed by atoms with E-state index in [9.17, 15) is 14.9 Å². The highest BCUT2D eigenvalue weighted by molar-refractivity contribution is 6.02. The van der Waals surface area contributed by atoms with E-state index in [1.54, 1.807) is 31.2 Å². The van der Waals surface area contributed by atoms with Crippen LogP contribution in [0.4, 0.5) is 11.4 Å². The summed E-state index contributed by atoms with van der Waals surface area (Å²) in [6.07, 6.45) is 3.00. The van der Waals surface area contributed by atoms with Gasteiger partial charge in [-0.15, -0.1) is 0 Å². The van der Waals surface area contributed by atoms with Crippen molar-refractivity contribution < 1.29 is 19.2 Å². The molecule has 0 atom stereocenters. The highest BCUT2D eigenvalue weighted by Gasteiger charge is 2.14. The first-order chi connectivity index (χ1) is 13.0. The molecule has 0 fully saturated rings. The first kappa shape index (κ1) is 20.0. The lowest BCUT2D eigenvalue weighted by molar-refractivity contribution is -0.385. The van der Waals surface area contributed by atoms with E-state index in [1.807, 2.05) is 19.9 Å². The molecule has 1 amide bonds. The summed E-state index contributed by atoms with van der Waals surface area (Å²) in [4.78, 5) is 22.7. The molecule has 1 N–H and O–H groups in total. The first-order valence-corrected chi connectivity index (χ1v) is 8.59. The topological polar surface area (TPSA) is 90.7 Å². The first-order valence-electron chi connectivity index (χ1n) is 8.59. The van der Waals surface area contributed by atoms with Crippen LogP contribution in [0.2, 0.25) is 0 Å². The van der Waals surface area contributed by atoms with Crippen LogP contribution in [0, 0.1) is 17.0 Å². The van der Waals surface area contributed by atoms with Crippen molar-refractivity contribution in [2.75, 3.05) is 18.5 Å². The van der Waals surface area contributed by atoms with Gasteiger partial charge in [-0.05, 0) is 50.6 Å². The van der Waals surface area contributed by atoms with E-state index in [0.717, 1.165) is 5.56 Å². The van der Waals surface area contributed by atoms with Crippen molar-refractivity contribution in [2.24, 2.45) is 0 Å². The van der Waals surface area contributed by atoms with E-state index in [1.165, 1.54) is 18.2 Å². The average Bonchev–Trinajstić information content (AvgIpc) is 2.63. The number of hydrogen-bond donors (Lipinski definition) is 1. The molecule has 0 aliphatic heterocycles. The molecule has 2 rings (SSSR count). The third kappa shape index (κ3) is 5.31. The Morgan fingerprint density at radius 3 is 2.52 bits per heavy atom. The molecule has 0 aliphatic carbocycles. The van der Waals surface area contributed by atoms with Crippen LogP contribution in [-0.4, -0.2) is 24.0 Å². The SMILES string of the molecule is CCOc1ccc(/C=C/C(=O)Nc2cccc([N+](=O)[O-])c2C)cc1OCC. The van der Waals surface area contributed by atoms with Crippen LogP contribution < -0.4 is 14.8 Å². The van der Waals surface area contributed by atoms with Gasteiger partial charge in [0.05, 0.1) is 29.4 Å². The van der Waals surface area contributed by atoms with Crippen molar-refractivity contribution in [1.82, 2.24) is 0 Å². The quantitative estimate of drug-likeness (QED) is 0.424. The lowest BCUT2D eigenvalue weighted by atomic mass is 10.1. The van der Waals surface area contributed by atoms with Gasteiger partial charge >= 0.3 is 0 Å². The number of nitrogens with zero attached hydrogens (tertiary/aromatic N) is 1. The zero-order valence-corrected chi connectivity index (χ0v) is 15.5. The third-order valence-corrected chi connectivity index (χ3v) is 3.75. The number of rotatable bonds is 8. The summed E-state index contributed by atoms with van der Waals surface area (Å²) < 4.78 is 11.1. The molecule has 27 heavy (non-hydrogen) atoms. The highest BCUT2D eigenvalue weighted by Crippen LogP contribution is 2.29. The van der Waals surface area contributed by atoms with Crippen LogP contribution in [0.5, 0.6) is 11.5 Å². The Kier molecular flexibility index (Phi) is 6.93. The minimum atomic E-state index is -0.476. The van der Waals surface area contributed by atoms with Gasteiger partial charge in [0, 0.05) is 12.1 Å². The molecule has 7 nitrogen and oxygen atoms in total. The summed E-state index contributed by atoms with van der Waals surface area (Å²) in [7, 11) is 0. The van der Waals surface area contributed by atoms with Crippen LogP contribution in [0.1, 0.15) is 25.0 Å². The summed E-state index contributed by atoms with van der Waals surface area (Å²) in [6.45, 7) is 6.40. The second-order valence-corrected chi connectivity index (χ2v) is 5.60. The number of carbonyl (C=O) groups excluding carboxylic acids is 1. The molecule has 2 aromatic rings. The Balaban J connectivity index is 2.14. The minimum absolute atomic E-state index is 0.0374. The number of ether oxygens (including phenoxy) is 2. The van der Waals surface area contributed by atoms with E-state index < -0.39 is 4.92 Å². The fourth-order valence-electron chi connectivity index (χ4n) is 2.47. The molecule has 0 unspecified atom stereocenters. The van der Waals surface area contributed by atoms with Gasteiger partial charge < -0.3 is 14.8 Å². The Morgan fingerprint density at radius 2 is 1.85 bits per heavy atom.